The molecule has 0 aliphatic heterocycles. The number of nitrogens with zero attached hydrogens (tertiary/aromatic N) is 6. The van der Waals surface area contributed by atoms with Gasteiger partial charge < -0.3 is 4.42 Å². The summed E-state index contributed by atoms with van der Waals surface area (Å²) in [4.78, 5) is 0. The first-order valence-electron chi connectivity index (χ1n) is 7.53. The third kappa shape index (κ3) is 3.79. The van der Waals surface area contributed by atoms with Crippen molar-refractivity contribution in [3.8, 4) is 0 Å². The quantitative estimate of drug-likeness (QED) is 0.692. The van der Waals surface area contributed by atoms with Crippen molar-refractivity contribution in [3.63, 3.8) is 0 Å². The van der Waals surface area contributed by atoms with Crippen LogP contribution in [0.15, 0.2) is 16.7 Å². The Labute approximate surface area is 139 Å². The molecule has 0 radical (unpaired) electrons. The molecular formula is C15H19ClN6O. The molecule has 0 bridgehead atoms. The largest absolute Gasteiger partial charge is 0.425 e. The Bertz CT molecular complexity index is 783. The van der Waals surface area contributed by atoms with Crippen LogP contribution in [0.4, 0.5) is 0 Å². The van der Waals surface area contributed by atoms with Crippen LogP contribution in [0.25, 0.3) is 0 Å². The Hall–Kier alpha value is -2.15. The van der Waals surface area contributed by atoms with E-state index in [-0.39, 0.29) is 0 Å². The lowest BCUT2D eigenvalue weighted by Crippen LogP contribution is -2.05. The standard InChI is InChI=1S/C15H19ClN6O/c1-10-8-11(2)22(19-10)7-5-15-18-17-14(23-15)4-6-21-9-13(16)12(3)20-21/h8-9H,4-7H2,1-3H3. The summed E-state index contributed by atoms with van der Waals surface area (Å²) < 4.78 is 9.41. The molecule has 0 unspecified atom stereocenters. The van der Waals surface area contributed by atoms with E-state index >= 15 is 0 Å². The van der Waals surface area contributed by atoms with Crippen LogP contribution in [0.1, 0.15) is 28.9 Å². The predicted molar refractivity (Wildman–Crippen MR) is 85.4 cm³/mol. The molecule has 0 atom stereocenters. The van der Waals surface area contributed by atoms with Gasteiger partial charge in [-0.05, 0) is 26.8 Å². The molecule has 0 saturated carbocycles. The van der Waals surface area contributed by atoms with E-state index in [0.29, 0.717) is 36.2 Å². The molecule has 0 amide bonds. The van der Waals surface area contributed by atoms with E-state index in [1.54, 1.807) is 10.9 Å². The second-order valence-electron chi connectivity index (χ2n) is 5.57. The van der Waals surface area contributed by atoms with Crippen molar-refractivity contribution in [3.05, 3.63) is 46.1 Å². The Morgan fingerprint density at radius 2 is 1.74 bits per heavy atom. The van der Waals surface area contributed by atoms with Crippen LogP contribution in [-0.2, 0) is 25.9 Å². The number of aryl methyl sites for hydroxylation is 7. The zero-order valence-electron chi connectivity index (χ0n) is 13.5. The molecule has 3 rings (SSSR count). The zero-order chi connectivity index (χ0) is 16.4. The summed E-state index contributed by atoms with van der Waals surface area (Å²) in [6.45, 7) is 7.29. The van der Waals surface area contributed by atoms with E-state index < -0.39 is 0 Å². The molecule has 23 heavy (non-hydrogen) atoms. The molecule has 7 nitrogen and oxygen atoms in total. The second-order valence-corrected chi connectivity index (χ2v) is 5.97. The molecule has 3 aromatic heterocycles. The molecule has 3 aromatic rings. The second kappa shape index (κ2) is 6.54. The van der Waals surface area contributed by atoms with Crippen molar-refractivity contribution in [1.29, 1.82) is 0 Å². The van der Waals surface area contributed by atoms with E-state index in [1.165, 1.54) is 0 Å². The van der Waals surface area contributed by atoms with E-state index in [0.717, 1.165) is 23.6 Å². The lowest BCUT2D eigenvalue weighted by molar-refractivity contribution is 0.418. The van der Waals surface area contributed by atoms with Crippen molar-refractivity contribution in [2.45, 2.75) is 46.7 Å². The fraction of sp³-hybridized carbons (Fsp3) is 0.467. The molecule has 122 valence electrons. The van der Waals surface area contributed by atoms with E-state index in [2.05, 4.69) is 26.5 Å². The van der Waals surface area contributed by atoms with Gasteiger partial charge in [0.05, 0.1) is 16.4 Å². The van der Waals surface area contributed by atoms with Gasteiger partial charge >= 0.3 is 0 Å². The van der Waals surface area contributed by atoms with Crippen LogP contribution in [0.3, 0.4) is 0 Å². The van der Waals surface area contributed by atoms with Crippen LogP contribution in [0.5, 0.6) is 0 Å². The van der Waals surface area contributed by atoms with Gasteiger partial charge in [-0.25, -0.2) is 0 Å². The maximum Gasteiger partial charge on any atom is 0.218 e. The van der Waals surface area contributed by atoms with Crippen molar-refractivity contribution < 1.29 is 4.42 Å². The minimum absolute atomic E-state index is 0.609. The molecule has 0 fully saturated rings. The van der Waals surface area contributed by atoms with Crippen LogP contribution < -0.4 is 0 Å². The SMILES string of the molecule is Cc1cc(C)n(CCc2nnc(CCn3cc(Cl)c(C)n3)o2)n1. The number of halogens is 1. The van der Waals surface area contributed by atoms with Gasteiger partial charge in [0.1, 0.15) is 0 Å². The average molecular weight is 335 g/mol. The number of hydrogen-bond donors (Lipinski definition) is 0. The molecule has 3 heterocycles. The topological polar surface area (TPSA) is 74.6 Å². The minimum atomic E-state index is 0.609. The first kappa shape index (κ1) is 15.7. The molecule has 8 heteroatoms. The van der Waals surface area contributed by atoms with Crippen LogP contribution >= 0.6 is 11.6 Å². The number of rotatable bonds is 6. The first-order valence-corrected chi connectivity index (χ1v) is 7.91. The van der Waals surface area contributed by atoms with Gasteiger partial charge in [0.25, 0.3) is 0 Å². The summed E-state index contributed by atoms with van der Waals surface area (Å²) in [5, 5.41) is 17.6. The third-order valence-electron chi connectivity index (χ3n) is 3.59. The Morgan fingerprint density at radius 3 is 2.30 bits per heavy atom. The summed E-state index contributed by atoms with van der Waals surface area (Å²) in [6, 6.07) is 2.05. The van der Waals surface area contributed by atoms with Gasteiger partial charge in [0.15, 0.2) is 0 Å². The summed E-state index contributed by atoms with van der Waals surface area (Å²) >= 11 is 5.99. The molecule has 0 aliphatic carbocycles. The molecular weight excluding hydrogens is 316 g/mol. The van der Waals surface area contributed by atoms with Crippen LogP contribution in [0.2, 0.25) is 5.02 Å². The van der Waals surface area contributed by atoms with Gasteiger partial charge in [0.2, 0.25) is 11.8 Å². The molecule has 0 saturated heterocycles. The van der Waals surface area contributed by atoms with Crippen LogP contribution in [0, 0.1) is 20.8 Å². The minimum Gasteiger partial charge on any atom is -0.425 e. The van der Waals surface area contributed by atoms with E-state index in [9.17, 15) is 0 Å². The molecule has 0 aromatic carbocycles. The van der Waals surface area contributed by atoms with Gasteiger partial charge in [-0.3, -0.25) is 9.36 Å². The normalized spacial score (nSPS) is 11.3. The predicted octanol–water partition coefficient (Wildman–Crippen LogP) is 2.53. The summed E-state index contributed by atoms with van der Waals surface area (Å²) in [5.41, 5.74) is 2.97. The van der Waals surface area contributed by atoms with Crippen LogP contribution in [-0.4, -0.2) is 29.8 Å². The van der Waals surface area contributed by atoms with Crippen molar-refractivity contribution in [2.75, 3.05) is 0 Å². The summed E-state index contributed by atoms with van der Waals surface area (Å²) in [5.74, 6) is 1.24. The average Bonchev–Trinajstić information content (AvgIpc) is 3.16. The number of hydrogen-bond acceptors (Lipinski definition) is 5. The third-order valence-corrected chi connectivity index (χ3v) is 3.96. The highest BCUT2D eigenvalue weighted by Crippen LogP contribution is 2.12. The smallest absolute Gasteiger partial charge is 0.218 e. The number of aromatic nitrogens is 6. The van der Waals surface area contributed by atoms with Gasteiger partial charge in [-0.1, -0.05) is 11.6 Å². The summed E-state index contributed by atoms with van der Waals surface area (Å²) in [7, 11) is 0. The lowest BCUT2D eigenvalue weighted by Gasteiger charge is -2.01. The fourth-order valence-corrected chi connectivity index (χ4v) is 2.56. The van der Waals surface area contributed by atoms with Crippen molar-refractivity contribution in [1.82, 2.24) is 29.8 Å². The maximum absolute atomic E-state index is 5.99. The fourth-order valence-electron chi connectivity index (χ4n) is 2.41. The zero-order valence-corrected chi connectivity index (χ0v) is 14.2. The maximum atomic E-state index is 5.99. The Morgan fingerprint density at radius 1 is 1.04 bits per heavy atom. The van der Waals surface area contributed by atoms with Crippen molar-refractivity contribution >= 4 is 11.6 Å². The molecule has 0 aliphatic rings. The molecule has 0 spiro atoms. The highest BCUT2D eigenvalue weighted by Gasteiger charge is 2.09. The Kier molecular flexibility index (Phi) is 4.47. The monoisotopic (exact) mass is 334 g/mol. The van der Waals surface area contributed by atoms with Gasteiger partial charge in [0, 0.05) is 37.8 Å². The lowest BCUT2D eigenvalue weighted by atomic mass is 10.4. The summed E-state index contributed by atoms with van der Waals surface area (Å²) in [6.07, 6.45) is 3.10. The van der Waals surface area contributed by atoms with E-state index in [4.69, 9.17) is 16.0 Å². The highest BCUT2D eigenvalue weighted by molar-refractivity contribution is 6.31. The first-order chi connectivity index (χ1) is 11.0. The van der Waals surface area contributed by atoms with E-state index in [1.807, 2.05) is 25.5 Å². The highest BCUT2D eigenvalue weighted by atomic mass is 35.5. The Balaban J connectivity index is 1.54. The molecule has 0 N–H and O–H groups in total. The van der Waals surface area contributed by atoms with Gasteiger partial charge in [-0.15, -0.1) is 10.2 Å². The van der Waals surface area contributed by atoms with Gasteiger partial charge in [-0.2, -0.15) is 10.2 Å². The van der Waals surface area contributed by atoms with Crippen molar-refractivity contribution in [2.24, 2.45) is 0 Å².